The van der Waals surface area contributed by atoms with E-state index in [-0.39, 0.29) is 5.91 Å². The van der Waals surface area contributed by atoms with E-state index in [9.17, 15) is 4.79 Å². The van der Waals surface area contributed by atoms with Crippen molar-refractivity contribution < 1.29 is 4.79 Å². The van der Waals surface area contributed by atoms with Gasteiger partial charge in [0.15, 0.2) is 0 Å². The van der Waals surface area contributed by atoms with E-state index in [1.54, 1.807) is 0 Å². The number of rotatable bonds is 2. The predicted octanol–water partition coefficient (Wildman–Crippen LogP) is 1.58. The van der Waals surface area contributed by atoms with Crippen LogP contribution in [0.5, 0.6) is 0 Å². The zero-order valence-electron chi connectivity index (χ0n) is 8.99. The van der Waals surface area contributed by atoms with Crippen molar-refractivity contribution in [3.63, 3.8) is 0 Å². The van der Waals surface area contributed by atoms with Gasteiger partial charge in [0.1, 0.15) is 0 Å². The molecule has 1 amide bonds. The molecule has 2 N–H and O–H groups in total. The summed E-state index contributed by atoms with van der Waals surface area (Å²) in [7, 11) is 0. The van der Waals surface area contributed by atoms with Gasteiger partial charge in [0, 0.05) is 25.2 Å². The Bertz CT molecular complexity index is 387. The number of nitrogens with two attached hydrogens (primary N) is 1. The Kier molecular flexibility index (Phi) is 2.73. The molecule has 0 atom stereocenters. The third kappa shape index (κ3) is 1.75. The van der Waals surface area contributed by atoms with E-state index in [1.807, 2.05) is 30.0 Å². The summed E-state index contributed by atoms with van der Waals surface area (Å²) in [5.74, 6) is 0.229. The topological polar surface area (TPSA) is 46.3 Å². The molecule has 0 aromatic heterocycles. The van der Waals surface area contributed by atoms with Gasteiger partial charge in [0.2, 0.25) is 5.91 Å². The van der Waals surface area contributed by atoms with Gasteiger partial charge >= 0.3 is 0 Å². The normalized spacial score (nSPS) is 16.1. The third-order valence-corrected chi connectivity index (χ3v) is 3.00. The van der Waals surface area contributed by atoms with Gasteiger partial charge in [0.25, 0.3) is 0 Å². The summed E-state index contributed by atoms with van der Waals surface area (Å²) >= 11 is 0. The summed E-state index contributed by atoms with van der Waals surface area (Å²) in [4.78, 5) is 13.5. The molecule has 1 fully saturated rings. The van der Waals surface area contributed by atoms with Gasteiger partial charge in [-0.2, -0.15) is 0 Å². The Hall–Kier alpha value is -1.35. The number of carbonyl (C=O) groups is 1. The summed E-state index contributed by atoms with van der Waals surface area (Å²) in [5, 5.41) is 0. The fourth-order valence-electron chi connectivity index (χ4n) is 2.09. The number of anilines is 1. The van der Waals surface area contributed by atoms with Crippen LogP contribution in [-0.2, 0) is 11.3 Å². The van der Waals surface area contributed by atoms with Crippen LogP contribution in [-0.4, -0.2) is 12.5 Å². The smallest absolute Gasteiger partial charge is 0.227 e. The lowest BCUT2D eigenvalue weighted by molar-refractivity contribution is -0.117. The molecule has 1 aromatic carbocycles. The summed E-state index contributed by atoms with van der Waals surface area (Å²) in [6.45, 7) is 3.40. The van der Waals surface area contributed by atoms with E-state index >= 15 is 0 Å². The number of benzene rings is 1. The Morgan fingerprint density at radius 1 is 1.47 bits per heavy atom. The van der Waals surface area contributed by atoms with Crippen LogP contribution in [0, 0.1) is 6.92 Å². The molecule has 3 nitrogen and oxygen atoms in total. The molecule has 1 aliphatic heterocycles. The summed E-state index contributed by atoms with van der Waals surface area (Å²) < 4.78 is 0. The molecule has 1 saturated heterocycles. The molecule has 0 aliphatic carbocycles. The third-order valence-electron chi connectivity index (χ3n) is 3.00. The van der Waals surface area contributed by atoms with Crippen LogP contribution in [0.15, 0.2) is 18.2 Å². The minimum atomic E-state index is 0.229. The highest BCUT2D eigenvalue weighted by molar-refractivity contribution is 5.96. The Labute approximate surface area is 89.9 Å². The van der Waals surface area contributed by atoms with Crippen LogP contribution < -0.4 is 10.6 Å². The van der Waals surface area contributed by atoms with Gasteiger partial charge in [0.05, 0.1) is 0 Å². The molecule has 1 aliphatic rings. The summed E-state index contributed by atoms with van der Waals surface area (Å²) in [6.07, 6.45) is 1.64. The standard InChI is InChI=1S/C12H16N2O/c1-9-10(8-13)4-2-5-11(9)14-7-3-6-12(14)15/h2,4-5H,3,6-8,13H2,1H3. The van der Waals surface area contributed by atoms with Crippen molar-refractivity contribution in [3.8, 4) is 0 Å². The number of hydrogen-bond acceptors (Lipinski definition) is 2. The maximum Gasteiger partial charge on any atom is 0.227 e. The van der Waals surface area contributed by atoms with Crippen molar-refractivity contribution >= 4 is 11.6 Å². The average molecular weight is 204 g/mol. The van der Waals surface area contributed by atoms with Crippen LogP contribution in [0.4, 0.5) is 5.69 Å². The highest BCUT2D eigenvalue weighted by Crippen LogP contribution is 2.26. The highest BCUT2D eigenvalue weighted by Gasteiger charge is 2.23. The van der Waals surface area contributed by atoms with Crippen LogP contribution in [0.1, 0.15) is 24.0 Å². The molecule has 1 aromatic rings. The number of amides is 1. The quantitative estimate of drug-likeness (QED) is 0.795. The lowest BCUT2D eigenvalue weighted by atomic mass is 10.1. The van der Waals surface area contributed by atoms with E-state index in [0.29, 0.717) is 13.0 Å². The van der Waals surface area contributed by atoms with Crippen molar-refractivity contribution in [3.05, 3.63) is 29.3 Å². The lowest BCUT2D eigenvalue weighted by Gasteiger charge is -2.19. The van der Waals surface area contributed by atoms with Gasteiger partial charge in [-0.25, -0.2) is 0 Å². The SMILES string of the molecule is Cc1c(CN)cccc1N1CCCC1=O. The van der Waals surface area contributed by atoms with E-state index in [4.69, 9.17) is 5.73 Å². The van der Waals surface area contributed by atoms with Crippen molar-refractivity contribution in [2.75, 3.05) is 11.4 Å². The fraction of sp³-hybridized carbons (Fsp3) is 0.417. The highest BCUT2D eigenvalue weighted by atomic mass is 16.2. The second-order valence-corrected chi connectivity index (χ2v) is 3.91. The maximum atomic E-state index is 11.6. The molecule has 0 radical (unpaired) electrons. The van der Waals surface area contributed by atoms with Crippen molar-refractivity contribution in [2.45, 2.75) is 26.3 Å². The zero-order valence-corrected chi connectivity index (χ0v) is 8.99. The first-order valence-corrected chi connectivity index (χ1v) is 5.33. The van der Waals surface area contributed by atoms with Crippen LogP contribution >= 0.6 is 0 Å². The molecule has 3 heteroatoms. The first-order valence-electron chi connectivity index (χ1n) is 5.33. The van der Waals surface area contributed by atoms with Gasteiger partial charge in [-0.1, -0.05) is 12.1 Å². The van der Waals surface area contributed by atoms with Crippen molar-refractivity contribution in [1.29, 1.82) is 0 Å². The van der Waals surface area contributed by atoms with Gasteiger partial charge in [-0.15, -0.1) is 0 Å². The Morgan fingerprint density at radius 3 is 2.87 bits per heavy atom. The monoisotopic (exact) mass is 204 g/mol. The molecule has 0 spiro atoms. The molecule has 0 saturated carbocycles. The molecule has 15 heavy (non-hydrogen) atoms. The molecule has 80 valence electrons. The first-order chi connectivity index (χ1) is 7.24. The second-order valence-electron chi connectivity index (χ2n) is 3.91. The Balaban J connectivity index is 2.39. The Morgan fingerprint density at radius 2 is 2.27 bits per heavy atom. The molecule has 1 heterocycles. The number of nitrogens with zero attached hydrogens (tertiary/aromatic N) is 1. The minimum Gasteiger partial charge on any atom is -0.326 e. The fourth-order valence-corrected chi connectivity index (χ4v) is 2.09. The molecular weight excluding hydrogens is 188 g/mol. The van der Waals surface area contributed by atoms with Gasteiger partial charge in [-0.3, -0.25) is 4.79 Å². The van der Waals surface area contributed by atoms with E-state index in [0.717, 1.165) is 29.8 Å². The summed E-state index contributed by atoms with van der Waals surface area (Å²) in [5.41, 5.74) is 8.93. The van der Waals surface area contributed by atoms with Crippen LogP contribution in [0.25, 0.3) is 0 Å². The molecule has 2 rings (SSSR count). The number of carbonyl (C=O) groups excluding carboxylic acids is 1. The number of hydrogen-bond donors (Lipinski definition) is 1. The van der Waals surface area contributed by atoms with E-state index < -0.39 is 0 Å². The van der Waals surface area contributed by atoms with Crippen LogP contribution in [0.3, 0.4) is 0 Å². The lowest BCUT2D eigenvalue weighted by Crippen LogP contribution is -2.24. The second kappa shape index (κ2) is 4.03. The van der Waals surface area contributed by atoms with Crippen molar-refractivity contribution in [2.24, 2.45) is 5.73 Å². The average Bonchev–Trinajstić information content (AvgIpc) is 2.65. The van der Waals surface area contributed by atoms with E-state index in [2.05, 4.69) is 0 Å². The molecule has 0 unspecified atom stereocenters. The largest absolute Gasteiger partial charge is 0.326 e. The molecular formula is C12H16N2O. The van der Waals surface area contributed by atoms with Crippen molar-refractivity contribution in [1.82, 2.24) is 0 Å². The minimum absolute atomic E-state index is 0.229. The predicted molar refractivity (Wildman–Crippen MR) is 60.7 cm³/mol. The zero-order chi connectivity index (χ0) is 10.8. The molecule has 0 bridgehead atoms. The first kappa shape index (κ1) is 10.2. The van der Waals surface area contributed by atoms with Crippen LogP contribution in [0.2, 0.25) is 0 Å². The van der Waals surface area contributed by atoms with Gasteiger partial charge < -0.3 is 10.6 Å². The van der Waals surface area contributed by atoms with Gasteiger partial charge in [-0.05, 0) is 30.5 Å². The summed E-state index contributed by atoms with van der Waals surface area (Å²) in [6, 6.07) is 5.98. The maximum absolute atomic E-state index is 11.6. The van der Waals surface area contributed by atoms with E-state index in [1.165, 1.54) is 0 Å².